The van der Waals surface area contributed by atoms with E-state index in [4.69, 9.17) is 11.5 Å². The molecule has 1 aliphatic rings. The second-order valence-corrected chi connectivity index (χ2v) is 2.51. The van der Waals surface area contributed by atoms with Gasteiger partial charge in [0.2, 0.25) is 0 Å². The van der Waals surface area contributed by atoms with Gasteiger partial charge in [-0.1, -0.05) is 0 Å². The van der Waals surface area contributed by atoms with Gasteiger partial charge in [-0.15, -0.1) is 15.3 Å². The first-order valence-corrected chi connectivity index (χ1v) is 3.92. The minimum absolute atomic E-state index is 0.142. The fourth-order valence-corrected chi connectivity index (χ4v) is 0.853. The van der Waals surface area contributed by atoms with E-state index in [0.717, 1.165) is 0 Å². The molecule has 0 radical (unpaired) electrons. The van der Waals surface area contributed by atoms with E-state index in [1.807, 2.05) is 0 Å². The van der Waals surface area contributed by atoms with E-state index in [0.29, 0.717) is 0 Å². The molecule has 9 nitrogen and oxygen atoms in total. The monoisotopic (exact) mass is 205 g/mol. The first-order valence-electron chi connectivity index (χ1n) is 3.92. The highest BCUT2D eigenvalue weighted by atomic mass is 15.4. The molecule has 1 aliphatic heterocycles. The Hall–Kier alpha value is -2.58. The summed E-state index contributed by atoms with van der Waals surface area (Å²) in [6, 6.07) is 0. The van der Waals surface area contributed by atoms with Crippen LogP contribution in [0.25, 0.3) is 0 Å². The molecule has 15 heavy (non-hydrogen) atoms. The third-order valence-electron chi connectivity index (χ3n) is 1.50. The lowest BCUT2D eigenvalue weighted by molar-refractivity contribution is 0.962. The summed E-state index contributed by atoms with van der Waals surface area (Å²) in [5, 5.41) is 18.2. The molecule has 0 aromatic carbocycles. The summed E-state index contributed by atoms with van der Waals surface area (Å²) in [6.07, 6.45) is 2.92. The van der Waals surface area contributed by atoms with Crippen LogP contribution in [0.4, 0.5) is 5.95 Å². The van der Waals surface area contributed by atoms with Crippen LogP contribution >= 0.6 is 0 Å². The summed E-state index contributed by atoms with van der Waals surface area (Å²) < 4.78 is 0. The highest BCUT2D eigenvalue weighted by Gasteiger charge is 2.16. The number of hydrogen-bond donors (Lipinski definition) is 3. The molecule has 0 amide bonds. The van der Waals surface area contributed by atoms with Crippen LogP contribution in [0.5, 0.6) is 0 Å². The summed E-state index contributed by atoms with van der Waals surface area (Å²) in [7, 11) is 0. The van der Waals surface area contributed by atoms with Crippen molar-refractivity contribution in [2.75, 3.05) is 5.43 Å². The van der Waals surface area contributed by atoms with Crippen molar-refractivity contribution in [3.63, 3.8) is 0 Å². The third-order valence-corrected chi connectivity index (χ3v) is 1.50. The molecule has 9 heteroatoms. The second-order valence-electron chi connectivity index (χ2n) is 2.51. The van der Waals surface area contributed by atoms with Crippen molar-refractivity contribution in [3.8, 4) is 0 Å². The average Bonchev–Trinajstić information content (AvgIpc) is 2.58. The Morgan fingerprint density at radius 1 is 1.13 bits per heavy atom. The Labute approximate surface area is 84.0 Å². The van der Waals surface area contributed by atoms with Gasteiger partial charge in [-0.25, -0.2) is 10.4 Å². The molecule has 1 aromatic heterocycles. The molecule has 0 unspecified atom stereocenters. The molecule has 76 valence electrons. The number of anilines is 1. The Morgan fingerprint density at radius 3 is 2.47 bits per heavy atom. The van der Waals surface area contributed by atoms with Gasteiger partial charge in [0.25, 0.3) is 5.95 Å². The lowest BCUT2D eigenvalue weighted by Gasteiger charge is -1.98. The van der Waals surface area contributed by atoms with E-state index >= 15 is 0 Å². The fraction of sp³-hybridized carbons (Fsp3) is 0. The first-order chi connectivity index (χ1) is 7.27. The van der Waals surface area contributed by atoms with Crippen LogP contribution in [0.2, 0.25) is 0 Å². The van der Waals surface area contributed by atoms with Crippen LogP contribution in [-0.2, 0) is 0 Å². The van der Waals surface area contributed by atoms with Gasteiger partial charge >= 0.3 is 0 Å². The van der Waals surface area contributed by atoms with Crippen LogP contribution in [0.15, 0.2) is 27.7 Å². The smallest absolute Gasteiger partial charge is 0.263 e. The maximum atomic E-state index is 5.46. The number of nitrogens with zero attached hydrogens (tertiary/aromatic N) is 6. The molecule has 1 aromatic rings. The van der Waals surface area contributed by atoms with Crippen molar-refractivity contribution >= 4 is 23.3 Å². The van der Waals surface area contributed by atoms with Gasteiger partial charge in [-0.05, 0) is 0 Å². The molecule has 2 rings (SSSR count). The van der Waals surface area contributed by atoms with Gasteiger partial charge in [0.1, 0.15) is 0 Å². The molecular formula is C6H7N9. The first kappa shape index (κ1) is 8.99. The molecule has 0 saturated carbocycles. The van der Waals surface area contributed by atoms with Crippen molar-refractivity contribution < 1.29 is 0 Å². The number of nitrogens with one attached hydrogen (secondary N) is 1. The zero-order valence-corrected chi connectivity index (χ0v) is 7.49. The van der Waals surface area contributed by atoms with Gasteiger partial charge < -0.3 is 11.5 Å². The van der Waals surface area contributed by atoms with Gasteiger partial charge in [0, 0.05) is 0 Å². The molecule has 0 bridgehead atoms. The zero-order chi connectivity index (χ0) is 10.7. The fourth-order valence-electron chi connectivity index (χ4n) is 0.853. The van der Waals surface area contributed by atoms with Crippen molar-refractivity contribution in [3.05, 3.63) is 12.4 Å². The quantitative estimate of drug-likeness (QED) is 0.490. The molecular weight excluding hydrogens is 198 g/mol. The minimum Gasteiger partial charge on any atom is -0.380 e. The van der Waals surface area contributed by atoms with Crippen molar-refractivity contribution in [2.24, 2.45) is 26.8 Å². The van der Waals surface area contributed by atoms with E-state index in [1.165, 1.54) is 12.4 Å². The van der Waals surface area contributed by atoms with Gasteiger partial charge in [0.15, 0.2) is 17.4 Å². The highest BCUT2D eigenvalue weighted by Crippen LogP contribution is 1.96. The largest absolute Gasteiger partial charge is 0.380 e. The van der Waals surface area contributed by atoms with Gasteiger partial charge in [0.05, 0.1) is 12.4 Å². The summed E-state index contributed by atoms with van der Waals surface area (Å²) >= 11 is 0. The van der Waals surface area contributed by atoms with Crippen LogP contribution in [0, 0.1) is 0 Å². The third kappa shape index (κ3) is 1.85. The molecule has 0 fully saturated rings. The lowest BCUT2D eigenvalue weighted by atomic mass is 10.3. The Kier molecular flexibility index (Phi) is 2.19. The highest BCUT2D eigenvalue weighted by molar-refractivity contribution is 6.68. The van der Waals surface area contributed by atoms with E-state index in [1.54, 1.807) is 0 Å². The zero-order valence-electron chi connectivity index (χ0n) is 7.49. The Morgan fingerprint density at radius 2 is 1.87 bits per heavy atom. The number of amidine groups is 2. The standard InChI is InChI=1S/C6H7N9/c7-4-3(5(8)13-12-4)11-15-6-9-1-2-10-14-6/h1-2H,(H,9,14,15)(H4,7,8,11,12,13). The van der Waals surface area contributed by atoms with E-state index in [-0.39, 0.29) is 23.3 Å². The topological polar surface area (TPSA) is 140 Å². The van der Waals surface area contributed by atoms with Crippen LogP contribution in [-0.4, -0.2) is 32.6 Å². The maximum Gasteiger partial charge on any atom is 0.263 e. The van der Waals surface area contributed by atoms with E-state index < -0.39 is 0 Å². The van der Waals surface area contributed by atoms with E-state index in [2.05, 4.69) is 35.9 Å². The number of hydrazone groups is 1. The van der Waals surface area contributed by atoms with Crippen LogP contribution in [0.1, 0.15) is 0 Å². The molecule has 0 spiro atoms. The molecule has 2 heterocycles. The van der Waals surface area contributed by atoms with Crippen LogP contribution < -0.4 is 16.9 Å². The average molecular weight is 205 g/mol. The summed E-state index contributed by atoms with van der Waals surface area (Å²) in [6.45, 7) is 0. The predicted octanol–water partition coefficient (Wildman–Crippen LogP) is -1.72. The molecule has 0 aliphatic carbocycles. The minimum atomic E-state index is 0.142. The molecule has 5 N–H and O–H groups in total. The second kappa shape index (κ2) is 3.65. The summed E-state index contributed by atoms with van der Waals surface area (Å²) in [4.78, 5) is 3.84. The SMILES string of the molecule is NC1=NN=C(N)C1=NNc1nccnn1. The summed E-state index contributed by atoms with van der Waals surface area (Å²) in [5.41, 5.74) is 13.7. The number of nitrogens with two attached hydrogens (primary N) is 2. The number of hydrogen-bond acceptors (Lipinski definition) is 9. The normalized spacial score (nSPS) is 14.5. The predicted molar refractivity (Wildman–Crippen MR) is 54.1 cm³/mol. The molecule has 0 atom stereocenters. The van der Waals surface area contributed by atoms with Crippen LogP contribution in [0.3, 0.4) is 0 Å². The van der Waals surface area contributed by atoms with Gasteiger partial charge in [-0.2, -0.15) is 10.2 Å². The van der Waals surface area contributed by atoms with Crippen molar-refractivity contribution in [1.29, 1.82) is 0 Å². The number of rotatable bonds is 2. The maximum absolute atomic E-state index is 5.46. The van der Waals surface area contributed by atoms with E-state index in [9.17, 15) is 0 Å². The molecule has 0 saturated heterocycles. The summed E-state index contributed by atoms with van der Waals surface area (Å²) in [5.74, 6) is 0.519. The Balaban J connectivity index is 2.13. The number of aromatic nitrogens is 3. The van der Waals surface area contributed by atoms with Crippen molar-refractivity contribution in [2.45, 2.75) is 0 Å². The Bertz CT molecular complexity index is 425. The van der Waals surface area contributed by atoms with Gasteiger partial charge in [-0.3, -0.25) is 0 Å². The lowest BCUT2D eigenvalue weighted by Crippen LogP contribution is -2.32. The van der Waals surface area contributed by atoms with Crippen molar-refractivity contribution in [1.82, 2.24) is 15.2 Å².